The van der Waals surface area contributed by atoms with Gasteiger partial charge in [0.05, 0.1) is 19.1 Å². The second kappa shape index (κ2) is 15.0. The van der Waals surface area contributed by atoms with E-state index in [0.717, 1.165) is 56.8 Å². The van der Waals surface area contributed by atoms with Crippen molar-refractivity contribution in [1.29, 1.82) is 0 Å². The minimum atomic E-state index is -0.0853. The van der Waals surface area contributed by atoms with Gasteiger partial charge in [0.25, 0.3) is 5.91 Å². The van der Waals surface area contributed by atoms with Crippen molar-refractivity contribution in [1.82, 2.24) is 15.5 Å². The first-order valence-corrected chi connectivity index (χ1v) is 11.2. The highest BCUT2D eigenvalue weighted by Crippen LogP contribution is 2.19. The van der Waals surface area contributed by atoms with E-state index in [1.165, 1.54) is 0 Å². The Morgan fingerprint density at radius 1 is 1.10 bits per heavy atom. The minimum absolute atomic E-state index is 0. The van der Waals surface area contributed by atoms with E-state index in [2.05, 4.69) is 22.5 Å². The number of amides is 1. The van der Waals surface area contributed by atoms with Gasteiger partial charge in [-0.2, -0.15) is 0 Å². The van der Waals surface area contributed by atoms with E-state index in [-0.39, 0.29) is 41.8 Å². The Bertz CT molecular complexity index is 701. The van der Waals surface area contributed by atoms with Crippen LogP contribution in [0.25, 0.3) is 0 Å². The molecule has 0 unspecified atom stereocenters. The molecule has 2 N–H and O–H groups in total. The van der Waals surface area contributed by atoms with Gasteiger partial charge in [0.1, 0.15) is 0 Å². The van der Waals surface area contributed by atoms with Crippen LogP contribution in [0.1, 0.15) is 62.4 Å². The number of likely N-dealkylation sites (tertiary alicyclic amines) is 1. The fraction of sp³-hybridized carbons (Fsp3) is 0.609. The predicted molar refractivity (Wildman–Crippen MR) is 135 cm³/mol. The molecule has 1 saturated heterocycles. The maximum atomic E-state index is 12.1. The van der Waals surface area contributed by atoms with Crippen molar-refractivity contribution in [2.75, 3.05) is 32.8 Å². The van der Waals surface area contributed by atoms with Gasteiger partial charge in [-0.1, -0.05) is 25.5 Å². The molecule has 31 heavy (non-hydrogen) atoms. The fourth-order valence-electron chi connectivity index (χ4n) is 3.42. The second-order valence-corrected chi connectivity index (χ2v) is 7.49. The SMILES string of the molecule is CCCCNC(=O)c1ccc(CN=C(NCC)N2CCC(C(=O)OCC)CC2)cc1.I. The van der Waals surface area contributed by atoms with E-state index >= 15 is 0 Å². The number of benzene rings is 1. The quantitative estimate of drug-likeness (QED) is 0.163. The molecular weight excluding hydrogens is 507 g/mol. The smallest absolute Gasteiger partial charge is 0.309 e. The third-order valence-corrected chi connectivity index (χ3v) is 5.19. The summed E-state index contributed by atoms with van der Waals surface area (Å²) in [5.41, 5.74) is 1.73. The Kier molecular flexibility index (Phi) is 13.2. The van der Waals surface area contributed by atoms with Gasteiger partial charge in [-0.05, 0) is 50.8 Å². The van der Waals surface area contributed by atoms with Crippen LogP contribution in [-0.4, -0.2) is 55.5 Å². The number of nitrogens with one attached hydrogen (secondary N) is 2. The highest BCUT2D eigenvalue weighted by Gasteiger charge is 2.27. The number of esters is 1. The Labute approximate surface area is 203 Å². The van der Waals surface area contributed by atoms with E-state index < -0.39 is 0 Å². The lowest BCUT2D eigenvalue weighted by Crippen LogP contribution is -2.46. The number of halogens is 1. The van der Waals surface area contributed by atoms with E-state index in [4.69, 9.17) is 9.73 Å². The highest BCUT2D eigenvalue weighted by atomic mass is 127. The van der Waals surface area contributed by atoms with Crippen LogP contribution in [0.3, 0.4) is 0 Å². The average molecular weight is 544 g/mol. The number of nitrogens with zero attached hydrogens (tertiary/aromatic N) is 2. The van der Waals surface area contributed by atoms with Crippen LogP contribution in [0.15, 0.2) is 29.3 Å². The van der Waals surface area contributed by atoms with Crippen LogP contribution >= 0.6 is 24.0 Å². The fourth-order valence-corrected chi connectivity index (χ4v) is 3.42. The first-order chi connectivity index (χ1) is 14.6. The number of piperidine rings is 1. The normalized spacial score (nSPS) is 14.5. The van der Waals surface area contributed by atoms with Gasteiger partial charge in [-0.15, -0.1) is 24.0 Å². The topological polar surface area (TPSA) is 83.0 Å². The Morgan fingerprint density at radius 3 is 2.35 bits per heavy atom. The predicted octanol–water partition coefficient (Wildman–Crippen LogP) is 3.58. The standard InChI is InChI=1S/C23H36N4O3.HI/c1-4-7-14-25-21(28)19-10-8-18(9-11-19)17-26-23(24-5-2)27-15-12-20(13-16-27)22(29)30-6-3;/h8-11,20H,4-7,12-17H2,1-3H3,(H,24,26)(H,25,28);1H. The van der Waals surface area contributed by atoms with Crippen LogP contribution in [0.4, 0.5) is 0 Å². The first-order valence-electron chi connectivity index (χ1n) is 11.2. The van der Waals surface area contributed by atoms with Crippen LogP contribution in [-0.2, 0) is 16.1 Å². The summed E-state index contributed by atoms with van der Waals surface area (Å²) in [6.45, 7) is 10.0. The lowest BCUT2D eigenvalue weighted by atomic mass is 9.97. The molecule has 1 aromatic carbocycles. The van der Waals surface area contributed by atoms with Crippen molar-refractivity contribution in [2.24, 2.45) is 10.9 Å². The zero-order valence-electron chi connectivity index (χ0n) is 19.0. The number of hydrogen-bond donors (Lipinski definition) is 2. The number of rotatable bonds is 9. The molecule has 0 aromatic heterocycles. The molecular formula is C23H37IN4O3. The summed E-state index contributed by atoms with van der Waals surface area (Å²) < 4.78 is 5.15. The molecule has 1 fully saturated rings. The van der Waals surface area contributed by atoms with E-state index in [1.807, 2.05) is 38.1 Å². The first kappa shape index (κ1) is 27.2. The number of ether oxygens (including phenoxy) is 1. The van der Waals surface area contributed by atoms with Gasteiger partial charge >= 0.3 is 5.97 Å². The van der Waals surface area contributed by atoms with Crippen LogP contribution in [0, 0.1) is 5.92 Å². The summed E-state index contributed by atoms with van der Waals surface area (Å²) in [4.78, 5) is 31.0. The van der Waals surface area contributed by atoms with Gasteiger partial charge in [0, 0.05) is 31.7 Å². The largest absolute Gasteiger partial charge is 0.466 e. The molecule has 1 amide bonds. The molecule has 0 bridgehead atoms. The van der Waals surface area contributed by atoms with E-state index in [9.17, 15) is 9.59 Å². The van der Waals surface area contributed by atoms with Gasteiger partial charge in [0.15, 0.2) is 5.96 Å². The summed E-state index contributed by atoms with van der Waals surface area (Å²) in [5.74, 6) is 0.732. The highest BCUT2D eigenvalue weighted by molar-refractivity contribution is 14.0. The van der Waals surface area contributed by atoms with Crippen molar-refractivity contribution in [3.63, 3.8) is 0 Å². The molecule has 1 heterocycles. The maximum Gasteiger partial charge on any atom is 0.309 e. The zero-order valence-corrected chi connectivity index (χ0v) is 21.3. The number of carbonyl (C=O) groups excluding carboxylic acids is 2. The molecule has 174 valence electrons. The summed E-state index contributed by atoms with van der Waals surface area (Å²) in [5, 5.41) is 6.28. The molecule has 0 radical (unpaired) electrons. The van der Waals surface area contributed by atoms with Crippen molar-refractivity contribution in [3.05, 3.63) is 35.4 Å². The van der Waals surface area contributed by atoms with Crippen LogP contribution < -0.4 is 10.6 Å². The summed E-state index contributed by atoms with van der Waals surface area (Å²) in [6, 6.07) is 7.61. The molecule has 2 rings (SSSR count). The zero-order chi connectivity index (χ0) is 21.8. The summed E-state index contributed by atoms with van der Waals surface area (Å²) in [6.07, 6.45) is 3.62. The van der Waals surface area contributed by atoms with Crippen molar-refractivity contribution >= 4 is 41.8 Å². The van der Waals surface area contributed by atoms with Crippen molar-refractivity contribution in [2.45, 2.75) is 53.0 Å². The van der Waals surface area contributed by atoms with Crippen LogP contribution in [0.5, 0.6) is 0 Å². The molecule has 0 aliphatic carbocycles. The molecule has 0 atom stereocenters. The van der Waals surface area contributed by atoms with Crippen molar-refractivity contribution in [3.8, 4) is 0 Å². The molecule has 1 aromatic rings. The second-order valence-electron chi connectivity index (χ2n) is 7.49. The van der Waals surface area contributed by atoms with E-state index in [0.29, 0.717) is 25.3 Å². The molecule has 1 aliphatic heterocycles. The molecule has 0 spiro atoms. The van der Waals surface area contributed by atoms with Gasteiger partial charge in [0.2, 0.25) is 0 Å². The van der Waals surface area contributed by atoms with Gasteiger partial charge < -0.3 is 20.3 Å². The molecule has 7 nitrogen and oxygen atoms in total. The summed E-state index contributed by atoms with van der Waals surface area (Å²) >= 11 is 0. The number of guanidine groups is 1. The Balaban J connectivity index is 0.00000480. The average Bonchev–Trinajstić information content (AvgIpc) is 2.77. The maximum absolute atomic E-state index is 12.1. The molecule has 0 saturated carbocycles. The summed E-state index contributed by atoms with van der Waals surface area (Å²) in [7, 11) is 0. The van der Waals surface area contributed by atoms with E-state index in [1.54, 1.807) is 0 Å². The van der Waals surface area contributed by atoms with Crippen molar-refractivity contribution < 1.29 is 14.3 Å². The number of carbonyl (C=O) groups is 2. The number of hydrogen-bond acceptors (Lipinski definition) is 4. The van der Waals surface area contributed by atoms with Gasteiger partial charge in [-0.25, -0.2) is 4.99 Å². The van der Waals surface area contributed by atoms with Crippen LogP contribution in [0.2, 0.25) is 0 Å². The lowest BCUT2D eigenvalue weighted by molar-refractivity contribution is -0.149. The monoisotopic (exact) mass is 544 g/mol. The third kappa shape index (κ3) is 9.04. The minimum Gasteiger partial charge on any atom is -0.466 e. The van der Waals surface area contributed by atoms with Gasteiger partial charge in [-0.3, -0.25) is 9.59 Å². The lowest BCUT2D eigenvalue weighted by Gasteiger charge is -2.33. The molecule has 1 aliphatic rings. The third-order valence-electron chi connectivity index (χ3n) is 5.19. The molecule has 8 heteroatoms. The number of unbranched alkanes of at least 4 members (excludes halogenated alkanes) is 1. The Morgan fingerprint density at radius 2 is 1.77 bits per heavy atom. The Hall–Kier alpha value is -1.84. The number of aliphatic imine (C=N–C) groups is 1.